The number of hydrogen-bond donors (Lipinski definition) is 1. The number of ketones is 1. The van der Waals surface area contributed by atoms with Crippen LogP contribution >= 0.6 is 0 Å². The number of hydrogen-bond acceptors (Lipinski definition) is 3. The van der Waals surface area contributed by atoms with Crippen molar-refractivity contribution in [2.45, 2.75) is 45.4 Å². The van der Waals surface area contributed by atoms with Crippen LogP contribution in [0.4, 0.5) is 0 Å². The van der Waals surface area contributed by atoms with Gasteiger partial charge in [-0.2, -0.15) is 0 Å². The zero-order valence-corrected chi connectivity index (χ0v) is 11.1. The molecule has 3 nitrogen and oxygen atoms in total. The van der Waals surface area contributed by atoms with Crippen molar-refractivity contribution in [2.75, 3.05) is 6.54 Å². The fourth-order valence-electron chi connectivity index (χ4n) is 2.91. The van der Waals surface area contributed by atoms with Crippen LogP contribution in [0.25, 0.3) is 0 Å². The molecule has 0 aliphatic heterocycles. The number of aromatic nitrogens is 1. The van der Waals surface area contributed by atoms with E-state index in [2.05, 4.69) is 4.98 Å². The molecule has 18 heavy (non-hydrogen) atoms. The molecular formula is C15H22N2O. The maximum atomic E-state index is 12.7. The van der Waals surface area contributed by atoms with E-state index >= 15 is 0 Å². The normalized spacial score (nSPS) is 19.2. The van der Waals surface area contributed by atoms with Crippen LogP contribution in [0.3, 0.4) is 0 Å². The third-order valence-corrected chi connectivity index (χ3v) is 4.07. The standard InChI is InChI=1S/C15H22N2O/c1-12-8-13(10-17-9-12)14(18)15(11-16)6-4-2-3-5-7-15/h8-10H,2-7,11,16H2,1H3. The van der Waals surface area contributed by atoms with Crippen LogP contribution in [-0.4, -0.2) is 17.3 Å². The summed E-state index contributed by atoms with van der Waals surface area (Å²) in [6, 6.07) is 1.93. The monoisotopic (exact) mass is 246 g/mol. The zero-order chi connectivity index (χ0) is 13.0. The van der Waals surface area contributed by atoms with Gasteiger partial charge < -0.3 is 5.73 Å². The number of nitrogens with two attached hydrogens (primary N) is 1. The van der Waals surface area contributed by atoms with E-state index in [0.29, 0.717) is 6.54 Å². The minimum atomic E-state index is -0.341. The van der Waals surface area contributed by atoms with Gasteiger partial charge in [0.25, 0.3) is 0 Å². The fraction of sp³-hybridized carbons (Fsp3) is 0.600. The lowest BCUT2D eigenvalue weighted by Crippen LogP contribution is -2.38. The van der Waals surface area contributed by atoms with Crippen LogP contribution in [0.5, 0.6) is 0 Å². The van der Waals surface area contributed by atoms with Crippen LogP contribution in [0.2, 0.25) is 0 Å². The first-order valence-corrected chi connectivity index (χ1v) is 6.84. The number of Topliss-reactive ketones (excluding diaryl/α,β-unsaturated/α-hetero) is 1. The van der Waals surface area contributed by atoms with Gasteiger partial charge in [-0.15, -0.1) is 0 Å². The topological polar surface area (TPSA) is 56.0 Å². The SMILES string of the molecule is Cc1cncc(C(=O)C2(CN)CCCCCC2)c1. The Bertz CT molecular complexity index is 420. The number of carbonyl (C=O) groups excluding carboxylic acids is 1. The first-order chi connectivity index (χ1) is 8.68. The number of nitrogens with zero attached hydrogens (tertiary/aromatic N) is 1. The highest BCUT2D eigenvalue weighted by atomic mass is 16.1. The summed E-state index contributed by atoms with van der Waals surface area (Å²) in [5.41, 5.74) is 7.36. The fourth-order valence-corrected chi connectivity index (χ4v) is 2.91. The highest BCUT2D eigenvalue weighted by Gasteiger charge is 2.37. The summed E-state index contributed by atoms with van der Waals surface area (Å²) in [7, 11) is 0. The van der Waals surface area contributed by atoms with Gasteiger partial charge in [0.1, 0.15) is 0 Å². The molecular weight excluding hydrogens is 224 g/mol. The Morgan fingerprint density at radius 3 is 2.50 bits per heavy atom. The van der Waals surface area contributed by atoms with E-state index < -0.39 is 0 Å². The molecule has 0 bridgehead atoms. The second-order valence-electron chi connectivity index (χ2n) is 5.48. The summed E-state index contributed by atoms with van der Waals surface area (Å²) in [6.45, 7) is 2.42. The average Bonchev–Trinajstić information content (AvgIpc) is 2.64. The Labute approximate surface area is 109 Å². The van der Waals surface area contributed by atoms with Gasteiger partial charge in [-0.25, -0.2) is 0 Å². The van der Waals surface area contributed by atoms with Crippen molar-refractivity contribution in [1.29, 1.82) is 0 Å². The summed E-state index contributed by atoms with van der Waals surface area (Å²) in [5.74, 6) is 0.197. The van der Waals surface area contributed by atoms with Crippen molar-refractivity contribution in [2.24, 2.45) is 11.1 Å². The molecule has 0 radical (unpaired) electrons. The smallest absolute Gasteiger partial charge is 0.171 e. The molecule has 1 saturated carbocycles. The molecule has 1 aliphatic carbocycles. The largest absolute Gasteiger partial charge is 0.329 e. The van der Waals surface area contributed by atoms with Gasteiger partial charge in [0.2, 0.25) is 0 Å². The summed E-state index contributed by atoms with van der Waals surface area (Å²) >= 11 is 0. The molecule has 98 valence electrons. The Morgan fingerprint density at radius 2 is 1.94 bits per heavy atom. The van der Waals surface area contributed by atoms with Gasteiger partial charge in [0.05, 0.1) is 0 Å². The number of carbonyl (C=O) groups is 1. The summed E-state index contributed by atoms with van der Waals surface area (Å²) < 4.78 is 0. The second kappa shape index (κ2) is 5.61. The minimum Gasteiger partial charge on any atom is -0.329 e. The molecule has 1 fully saturated rings. The first kappa shape index (κ1) is 13.2. The molecule has 0 atom stereocenters. The Morgan fingerprint density at radius 1 is 1.28 bits per heavy atom. The van der Waals surface area contributed by atoms with Gasteiger partial charge in [-0.1, -0.05) is 25.7 Å². The van der Waals surface area contributed by atoms with Crippen molar-refractivity contribution in [3.8, 4) is 0 Å². The Balaban J connectivity index is 2.28. The van der Waals surface area contributed by atoms with E-state index in [1.165, 1.54) is 12.8 Å². The first-order valence-electron chi connectivity index (χ1n) is 6.84. The average molecular weight is 246 g/mol. The Hall–Kier alpha value is -1.22. The molecule has 0 aromatic carbocycles. The van der Waals surface area contributed by atoms with Gasteiger partial charge in [-0.3, -0.25) is 9.78 Å². The summed E-state index contributed by atoms with van der Waals surface area (Å²) in [4.78, 5) is 16.9. The lowest BCUT2D eigenvalue weighted by molar-refractivity contribution is 0.0774. The molecule has 0 spiro atoms. The number of aryl methyl sites for hydroxylation is 1. The predicted molar refractivity (Wildman–Crippen MR) is 72.5 cm³/mol. The second-order valence-corrected chi connectivity index (χ2v) is 5.48. The molecule has 1 aromatic rings. The quantitative estimate of drug-likeness (QED) is 0.659. The van der Waals surface area contributed by atoms with E-state index in [4.69, 9.17) is 5.73 Å². The predicted octanol–water partition coefficient (Wildman–Crippen LogP) is 2.87. The Kier molecular flexibility index (Phi) is 4.12. The van der Waals surface area contributed by atoms with Crippen LogP contribution in [-0.2, 0) is 0 Å². The van der Waals surface area contributed by atoms with Crippen molar-refractivity contribution < 1.29 is 4.79 Å². The van der Waals surface area contributed by atoms with Crippen molar-refractivity contribution in [1.82, 2.24) is 4.98 Å². The summed E-state index contributed by atoms with van der Waals surface area (Å²) in [5, 5.41) is 0. The molecule has 1 aromatic heterocycles. The minimum absolute atomic E-state index is 0.197. The molecule has 0 amide bonds. The van der Waals surface area contributed by atoms with Crippen molar-refractivity contribution in [3.63, 3.8) is 0 Å². The van der Waals surface area contributed by atoms with E-state index in [1.54, 1.807) is 12.4 Å². The highest BCUT2D eigenvalue weighted by molar-refractivity contribution is 6.00. The van der Waals surface area contributed by atoms with Gasteiger partial charge in [0, 0.05) is 29.9 Å². The molecule has 0 unspecified atom stereocenters. The van der Waals surface area contributed by atoms with Crippen LogP contribution in [0.15, 0.2) is 18.5 Å². The maximum Gasteiger partial charge on any atom is 0.171 e. The van der Waals surface area contributed by atoms with E-state index in [-0.39, 0.29) is 11.2 Å². The van der Waals surface area contributed by atoms with E-state index in [0.717, 1.165) is 36.8 Å². The lowest BCUT2D eigenvalue weighted by Gasteiger charge is -2.29. The molecule has 2 N–H and O–H groups in total. The van der Waals surface area contributed by atoms with Crippen LogP contribution in [0, 0.1) is 12.3 Å². The third kappa shape index (κ3) is 2.61. The van der Waals surface area contributed by atoms with Crippen molar-refractivity contribution >= 4 is 5.78 Å². The van der Waals surface area contributed by atoms with E-state index in [9.17, 15) is 4.79 Å². The van der Waals surface area contributed by atoms with Gasteiger partial charge >= 0.3 is 0 Å². The third-order valence-electron chi connectivity index (χ3n) is 4.07. The van der Waals surface area contributed by atoms with Crippen molar-refractivity contribution in [3.05, 3.63) is 29.6 Å². The maximum absolute atomic E-state index is 12.7. The van der Waals surface area contributed by atoms with Gasteiger partial charge in [0.15, 0.2) is 5.78 Å². The zero-order valence-electron chi connectivity index (χ0n) is 11.1. The number of rotatable bonds is 3. The molecule has 1 aliphatic rings. The number of pyridine rings is 1. The molecule has 3 heteroatoms. The molecule has 2 rings (SSSR count). The lowest BCUT2D eigenvalue weighted by atomic mass is 9.74. The molecule has 0 saturated heterocycles. The van der Waals surface area contributed by atoms with Crippen LogP contribution in [0.1, 0.15) is 54.4 Å². The molecule has 1 heterocycles. The highest BCUT2D eigenvalue weighted by Crippen LogP contribution is 2.37. The van der Waals surface area contributed by atoms with Gasteiger partial charge in [-0.05, 0) is 31.4 Å². The van der Waals surface area contributed by atoms with Crippen LogP contribution < -0.4 is 5.73 Å². The summed E-state index contributed by atoms with van der Waals surface area (Å²) in [6.07, 6.45) is 9.98. The van der Waals surface area contributed by atoms with E-state index in [1.807, 2.05) is 13.0 Å².